The van der Waals surface area contributed by atoms with Crippen LogP contribution in [0.4, 0.5) is 0 Å². The number of carbonyl (C=O) groups excluding carboxylic acids is 4. The number of hydrogen-bond acceptors (Lipinski definition) is 15. The third kappa shape index (κ3) is 7.79. The second kappa shape index (κ2) is 12.5. The molecule has 0 aromatic rings. The van der Waals surface area contributed by atoms with Crippen molar-refractivity contribution in [1.29, 1.82) is 0 Å². The standard InChI is InChI=1S/C20H30O15/c1-7(21)29-5-11-13(25)14(26)15(27)19(33-11)35-20-16(28)18(32-10(4)24)17(31-9(3)23)12(34-20)6-30-8(2)22/h11-20,25-28H,5-6H2,1-4H3/t11?,12?,13-,14+,15?,16?,17-,18+,19-,20-/m1/s1. The highest BCUT2D eigenvalue weighted by atomic mass is 16.8. The number of carbonyl (C=O) groups is 4. The quantitative estimate of drug-likeness (QED) is 0.188. The first kappa shape index (κ1) is 28.8. The summed E-state index contributed by atoms with van der Waals surface area (Å²) >= 11 is 0. The van der Waals surface area contributed by atoms with Crippen molar-refractivity contribution in [1.82, 2.24) is 0 Å². The molecule has 0 amide bonds. The van der Waals surface area contributed by atoms with Gasteiger partial charge in [0.05, 0.1) is 0 Å². The summed E-state index contributed by atoms with van der Waals surface area (Å²) < 4.78 is 36.4. The van der Waals surface area contributed by atoms with Crippen molar-refractivity contribution in [2.45, 2.75) is 89.1 Å². The molecule has 0 saturated carbocycles. The number of ether oxygens (including phenoxy) is 7. The topological polar surface area (TPSA) is 214 Å². The zero-order valence-corrected chi connectivity index (χ0v) is 19.5. The van der Waals surface area contributed by atoms with Crippen LogP contribution in [0.15, 0.2) is 0 Å². The van der Waals surface area contributed by atoms with Gasteiger partial charge in [0.2, 0.25) is 0 Å². The summed E-state index contributed by atoms with van der Waals surface area (Å²) in [6, 6.07) is 0. The van der Waals surface area contributed by atoms with E-state index >= 15 is 0 Å². The van der Waals surface area contributed by atoms with E-state index in [1.165, 1.54) is 0 Å². The minimum absolute atomic E-state index is 0.492. The molecule has 2 rings (SSSR count). The van der Waals surface area contributed by atoms with Crippen molar-refractivity contribution in [2.75, 3.05) is 13.2 Å². The molecule has 0 radical (unpaired) electrons. The smallest absolute Gasteiger partial charge is 0.303 e. The average molecular weight is 510 g/mol. The lowest BCUT2D eigenvalue weighted by Gasteiger charge is -2.46. The van der Waals surface area contributed by atoms with Gasteiger partial charge in [0.1, 0.15) is 49.8 Å². The molecule has 0 aromatic heterocycles. The van der Waals surface area contributed by atoms with E-state index in [1.54, 1.807) is 0 Å². The molecular weight excluding hydrogens is 480 g/mol. The lowest BCUT2D eigenvalue weighted by Crippen LogP contribution is -2.65. The Morgan fingerprint density at radius 2 is 1.06 bits per heavy atom. The van der Waals surface area contributed by atoms with Crippen molar-refractivity contribution in [3.63, 3.8) is 0 Å². The molecule has 4 unspecified atom stereocenters. The molecule has 0 spiro atoms. The molecule has 0 bridgehead atoms. The Kier molecular flexibility index (Phi) is 10.3. The highest BCUT2D eigenvalue weighted by Gasteiger charge is 2.53. The normalized spacial score (nSPS) is 37.1. The summed E-state index contributed by atoms with van der Waals surface area (Å²) in [6.45, 7) is 3.33. The van der Waals surface area contributed by atoms with Crippen LogP contribution in [0.2, 0.25) is 0 Å². The van der Waals surface area contributed by atoms with Gasteiger partial charge in [-0.1, -0.05) is 0 Å². The van der Waals surface area contributed by atoms with E-state index in [2.05, 4.69) is 0 Å². The highest BCUT2D eigenvalue weighted by molar-refractivity contribution is 5.68. The number of aliphatic hydroxyl groups excluding tert-OH is 4. The van der Waals surface area contributed by atoms with Crippen LogP contribution in [0, 0.1) is 0 Å². The van der Waals surface area contributed by atoms with Crippen LogP contribution in [0.3, 0.4) is 0 Å². The molecule has 2 heterocycles. The SMILES string of the molecule is CC(=O)OCC1O[C@H](O[C@H]2OC(COC(C)=O)[C@@H](OC(C)=O)[C@@H](OC(C)=O)C2O)C(O)[C@@H](O)[C@@H]1O. The van der Waals surface area contributed by atoms with E-state index < -0.39 is 98.5 Å². The number of aliphatic hydroxyl groups is 4. The molecule has 2 saturated heterocycles. The van der Waals surface area contributed by atoms with E-state index in [9.17, 15) is 39.6 Å². The van der Waals surface area contributed by atoms with E-state index in [1.807, 2.05) is 0 Å². The summed E-state index contributed by atoms with van der Waals surface area (Å²) in [5.41, 5.74) is 0. The number of esters is 4. The third-order valence-electron chi connectivity index (χ3n) is 5.06. The summed E-state index contributed by atoms with van der Waals surface area (Å²) in [6.07, 6.45) is -16.2. The first-order chi connectivity index (χ1) is 16.3. The van der Waals surface area contributed by atoms with Gasteiger partial charge in [-0.2, -0.15) is 0 Å². The average Bonchev–Trinajstić information content (AvgIpc) is 2.75. The van der Waals surface area contributed by atoms with Crippen molar-refractivity contribution in [3.05, 3.63) is 0 Å². The monoisotopic (exact) mass is 510 g/mol. The molecule has 35 heavy (non-hydrogen) atoms. The van der Waals surface area contributed by atoms with Gasteiger partial charge in [0.15, 0.2) is 24.8 Å². The van der Waals surface area contributed by atoms with Gasteiger partial charge in [-0.05, 0) is 0 Å². The summed E-state index contributed by atoms with van der Waals surface area (Å²) in [7, 11) is 0. The van der Waals surface area contributed by atoms with Gasteiger partial charge in [0.25, 0.3) is 0 Å². The Morgan fingerprint density at radius 3 is 1.57 bits per heavy atom. The Bertz CT molecular complexity index is 772. The Hall–Kier alpha value is -2.40. The van der Waals surface area contributed by atoms with Gasteiger partial charge in [0, 0.05) is 27.7 Å². The minimum Gasteiger partial charge on any atom is -0.463 e. The first-order valence-electron chi connectivity index (χ1n) is 10.6. The van der Waals surface area contributed by atoms with Crippen LogP contribution in [-0.2, 0) is 52.3 Å². The Labute approximate surface area is 199 Å². The van der Waals surface area contributed by atoms with Crippen molar-refractivity contribution < 1.29 is 72.8 Å². The molecule has 15 heteroatoms. The maximum absolute atomic E-state index is 11.7. The van der Waals surface area contributed by atoms with Crippen molar-refractivity contribution >= 4 is 23.9 Å². The van der Waals surface area contributed by atoms with Crippen LogP contribution in [0.1, 0.15) is 27.7 Å². The van der Waals surface area contributed by atoms with Gasteiger partial charge in [-0.15, -0.1) is 0 Å². The lowest BCUT2D eigenvalue weighted by atomic mass is 9.97. The van der Waals surface area contributed by atoms with E-state index in [0.29, 0.717) is 0 Å². The molecule has 4 N–H and O–H groups in total. The van der Waals surface area contributed by atoms with E-state index in [4.69, 9.17) is 33.2 Å². The maximum atomic E-state index is 11.7. The van der Waals surface area contributed by atoms with Crippen molar-refractivity contribution in [2.24, 2.45) is 0 Å². The van der Waals surface area contributed by atoms with Crippen LogP contribution in [0.5, 0.6) is 0 Å². The lowest BCUT2D eigenvalue weighted by molar-refractivity contribution is -0.376. The van der Waals surface area contributed by atoms with E-state index in [0.717, 1.165) is 27.7 Å². The van der Waals surface area contributed by atoms with Gasteiger partial charge >= 0.3 is 23.9 Å². The van der Waals surface area contributed by atoms with Crippen LogP contribution in [-0.4, -0.2) is 119 Å². The molecule has 2 aliphatic heterocycles. The second-order valence-corrected chi connectivity index (χ2v) is 7.94. The molecule has 2 fully saturated rings. The molecule has 10 atom stereocenters. The Morgan fingerprint density at radius 1 is 0.600 bits per heavy atom. The van der Waals surface area contributed by atoms with Gasteiger partial charge in [-0.3, -0.25) is 19.2 Å². The fourth-order valence-corrected chi connectivity index (χ4v) is 3.50. The van der Waals surface area contributed by atoms with Crippen LogP contribution >= 0.6 is 0 Å². The predicted molar refractivity (Wildman–Crippen MR) is 107 cm³/mol. The third-order valence-corrected chi connectivity index (χ3v) is 5.06. The van der Waals surface area contributed by atoms with E-state index in [-0.39, 0.29) is 0 Å². The molecule has 0 aliphatic carbocycles. The minimum atomic E-state index is -1.85. The Balaban J connectivity index is 2.27. The number of rotatable bonds is 8. The summed E-state index contributed by atoms with van der Waals surface area (Å²) in [5, 5.41) is 41.4. The number of hydrogen-bond donors (Lipinski definition) is 4. The second-order valence-electron chi connectivity index (χ2n) is 7.94. The molecule has 0 aromatic carbocycles. The zero-order valence-electron chi connectivity index (χ0n) is 19.5. The van der Waals surface area contributed by atoms with Crippen LogP contribution in [0.25, 0.3) is 0 Å². The first-order valence-corrected chi connectivity index (χ1v) is 10.6. The fourth-order valence-electron chi connectivity index (χ4n) is 3.50. The fraction of sp³-hybridized carbons (Fsp3) is 0.800. The molecule has 200 valence electrons. The van der Waals surface area contributed by atoms with Gasteiger partial charge in [-0.25, -0.2) is 0 Å². The molecule has 2 aliphatic rings. The van der Waals surface area contributed by atoms with Crippen LogP contribution < -0.4 is 0 Å². The van der Waals surface area contributed by atoms with Gasteiger partial charge < -0.3 is 53.6 Å². The summed E-state index contributed by atoms with van der Waals surface area (Å²) in [5.74, 6) is -3.07. The molecular formula is C20H30O15. The molecule has 15 nitrogen and oxygen atoms in total. The maximum Gasteiger partial charge on any atom is 0.303 e. The largest absolute Gasteiger partial charge is 0.463 e. The zero-order chi connectivity index (χ0) is 26.4. The van der Waals surface area contributed by atoms with Crippen molar-refractivity contribution in [3.8, 4) is 0 Å². The predicted octanol–water partition coefficient (Wildman–Crippen LogP) is -3.11. The summed E-state index contributed by atoms with van der Waals surface area (Å²) in [4.78, 5) is 45.6. The highest BCUT2D eigenvalue weighted by Crippen LogP contribution is 2.31.